The van der Waals surface area contributed by atoms with E-state index in [0.717, 1.165) is 25.7 Å². The van der Waals surface area contributed by atoms with E-state index >= 15 is 0 Å². The summed E-state index contributed by atoms with van der Waals surface area (Å²) in [4.78, 5) is 11.0. The molecule has 0 rings (SSSR count). The number of carbonyl (C=O) groups is 1. The molecular formula is C19H36N2O2S. The van der Waals surface area contributed by atoms with E-state index in [-0.39, 0.29) is 5.11 Å². The lowest BCUT2D eigenvalue weighted by molar-refractivity contribution is -0.139. The van der Waals surface area contributed by atoms with E-state index in [0.29, 0.717) is 6.42 Å². The molecule has 0 aromatic carbocycles. The Kier molecular flexibility index (Phi) is 16.0. The van der Waals surface area contributed by atoms with Gasteiger partial charge in [0.15, 0.2) is 5.11 Å². The van der Waals surface area contributed by atoms with E-state index in [1.807, 2.05) is 0 Å². The molecule has 0 spiro atoms. The summed E-state index contributed by atoms with van der Waals surface area (Å²) in [5.41, 5.74) is 5.33. The Bertz CT molecular complexity index is 359. The highest BCUT2D eigenvalue weighted by Crippen LogP contribution is 2.10. The number of nitrogens with two attached hydrogens (primary N) is 1. The number of allylic oxidation sites excluding steroid dienone is 2. The number of unbranched alkanes of at least 4 members (excludes halogenated alkanes) is 10. The number of aliphatic carboxylic acids is 1. The third-order valence-corrected chi connectivity index (χ3v) is 4.24. The Labute approximate surface area is 153 Å². The van der Waals surface area contributed by atoms with E-state index in [4.69, 9.17) is 23.1 Å². The summed E-state index contributed by atoms with van der Waals surface area (Å²) >= 11 is 4.69. The lowest BCUT2D eigenvalue weighted by Crippen LogP contribution is -2.43. The van der Waals surface area contributed by atoms with Gasteiger partial charge in [0, 0.05) is 0 Å². The molecule has 0 saturated heterocycles. The maximum Gasteiger partial charge on any atom is 0.326 e. The number of rotatable bonds is 16. The van der Waals surface area contributed by atoms with Crippen LogP contribution in [0.1, 0.15) is 90.4 Å². The SMILES string of the molecule is CCCCCCCC/C=C\CCCCCCC(NC(N)=S)C(=O)O. The predicted octanol–water partition coefficient (Wildman–Crippen LogP) is 4.92. The van der Waals surface area contributed by atoms with Gasteiger partial charge >= 0.3 is 5.97 Å². The minimum Gasteiger partial charge on any atom is -0.480 e. The topological polar surface area (TPSA) is 75.3 Å². The van der Waals surface area contributed by atoms with E-state index < -0.39 is 12.0 Å². The van der Waals surface area contributed by atoms with E-state index in [1.54, 1.807) is 0 Å². The molecule has 1 unspecified atom stereocenters. The van der Waals surface area contributed by atoms with Crippen molar-refractivity contribution in [2.24, 2.45) is 5.73 Å². The fraction of sp³-hybridized carbons (Fsp3) is 0.789. The second-order valence-electron chi connectivity index (χ2n) is 6.42. The smallest absolute Gasteiger partial charge is 0.326 e. The highest BCUT2D eigenvalue weighted by molar-refractivity contribution is 7.80. The molecule has 0 aromatic heterocycles. The second-order valence-corrected chi connectivity index (χ2v) is 6.86. The quantitative estimate of drug-likeness (QED) is 0.208. The van der Waals surface area contributed by atoms with Crippen LogP contribution in [-0.2, 0) is 4.79 Å². The average molecular weight is 357 g/mol. The molecule has 4 nitrogen and oxygen atoms in total. The van der Waals surface area contributed by atoms with Gasteiger partial charge in [-0.25, -0.2) is 4.79 Å². The minimum atomic E-state index is -0.888. The lowest BCUT2D eigenvalue weighted by atomic mass is 10.1. The molecule has 0 aromatic rings. The Morgan fingerprint density at radius 2 is 1.50 bits per heavy atom. The molecule has 0 fully saturated rings. The molecule has 0 aliphatic heterocycles. The van der Waals surface area contributed by atoms with Gasteiger partial charge < -0.3 is 16.2 Å². The van der Waals surface area contributed by atoms with Gasteiger partial charge in [0.05, 0.1) is 0 Å². The molecule has 0 radical (unpaired) electrons. The molecule has 0 aliphatic rings. The van der Waals surface area contributed by atoms with Gasteiger partial charge in [-0.15, -0.1) is 0 Å². The number of thiocarbonyl (C=S) groups is 1. The van der Waals surface area contributed by atoms with Crippen molar-refractivity contribution >= 4 is 23.3 Å². The lowest BCUT2D eigenvalue weighted by Gasteiger charge is -2.13. The fourth-order valence-electron chi connectivity index (χ4n) is 2.67. The molecule has 0 amide bonds. The third-order valence-electron chi connectivity index (χ3n) is 4.12. The second kappa shape index (κ2) is 16.7. The van der Waals surface area contributed by atoms with Crippen molar-refractivity contribution in [3.63, 3.8) is 0 Å². The van der Waals surface area contributed by atoms with Crippen LogP contribution in [0.3, 0.4) is 0 Å². The Morgan fingerprint density at radius 1 is 1.00 bits per heavy atom. The molecule has 1 atom stereocenters. The first-order chi connectivity index (χ1) is 11.6. The van der Waals surface area contributed by atoms with Crippen molar-refractivity contribution in [2.45, 2.75) is 96.4 Å². The van der Waals surface area contributed by atoms with Gasteiger partial charge in [0.2, 0.25) is 0 Å². The molecule has 0 heterocycles. The Morgan fingerprint density at radius 3 is 2.00 bits per heavy atom. The van der Waals surface area contributed by atoms with Crippen LogP contribution in [0.25, 0.3) is 0 Å². The van der Waals surface area contributed by atoms with Crippen molar-refractivity contribution in [1.29, 1.82) is 0 Å². The molecule has 4 N–H and O–H groups in total. The summed E-state index contributed by atoms with van der Waals surface area (Å²) in [6.45, 7) is 2.25. The number of hydrogen-bond donors (Lipinski definition) is 3. The zero-order chi connectivity index (χ0) is 18.0. The van der Waals surface area contributed by atoms with Gasteiger partial charge in [-0.1, -0.05) is 70.4 Å². The maximum absolute atomic E-state index is 11.0. The van der Waals surface area contributed by atoms with Crippen LogP contribution in [0.4, 0.5) is 0 Å². The minimum absolute atomic E-state index is 0.0536. The number of carboxylic acid groups (broad SMARTS) is 1. The predicted molar refractivity (Wildman–Crippen MR) is 106 cm³/mol. The Hall–Kier alpha value is -1.10. The fourth-order valence-corrected chi connectivity index (χ4v) is 2.81. The van der Waals surface area contributed by atoms with E-state index in [9.17, 15) is 4.79 Å². The van der Waals surface area contributed by atoms with Gasteiger partial charge in [-0.2, -0.15) is 0 Å². The van der Waals surface area contributed by atoms with Crippen LogP contribution >= 0.6 is 12.2 Å². The van der Waals surface area contributed by atoms with Gasteiger partial charge in [-0.3, -0.25) is 0 Å². The Balaban J connectivity index is 3.42. The number of hydrogen-bond acceptors (Lipinski definition) is 2. The summed E-state index contributed by atoms with van der Waals surface area (Å²) in [6.07, 6.45) is 19.9. The maximum atomic E-state index is 11.0. The van der Waals surface area contributed by atoms with E-state index in [2.05, 4.69) is 24.4 Å². The molecular weight excluding hydrogens is 320 g/mol. The van der Waals surface area contributed by atoms with Crippen LogP contribution in [-0.4, -0.2) is 22.2 Å². The summed E-state index contributed by atoms with van der Waals surface area (Å²) in [5.74, 6) is -0.888. The normalized spacial score (nSPS) is 12.4. The van der Waals surface area contributed by atoms with Gasteiger partial charge in [-0.05, 0) is 44.3 Å². The third kappa shape index (κ3) is 15.8. The van der Waals surface area contributed by atoms with Crippen LogP contribution in [0, 0.1) is 0 Å². The summed E-state index contributed by atoms with van der Waals surface area (Å²) in [5, 5.41) is 11.7. The zero-order valence-electron chi connectivity index (χ0n) is 15.3. The van der Waals surface area contributed by atoms with Gasteiger partial charge in [0.25, 0.3) is 0 Å². The largest absolute Gasteiger partial charge is 0.480 e. The molecule has 0 saturated carbocycles. The standard InChI is InChI=1S/C19H36N2O2S/c1-2-3-4-5-6-7-8-9-10-11-12-13-14-15-16-17(18(22)23)21-19(20)24/h9-10,17H,2-8,11-16H2,1H3,(H,22,23)(H3,20,21,24)/b10-9-. The number of nitrogens with one attached hydrogen (secondary N) is 1. The van der Waals surface area contributed by atoms with Crippen molar-refractivity contribution in [2.75, 3.05) is 0 Å². The monoisotopic (exact) mass is 356 g/mol. The number of carboxylic acids is 1. The summed E-state index contributed by atoms with van der Waals surface area (Å²) < 4.78 is 0. The first kappa shape index (κ1) is 22.9. The molecule has 24 heavy (non-hydrogen) atoms. The van der Waals surface area contributed by atoms with Crippen molar-refractivity contribution < 1.29 is 9.90 Å². The summed E-state index contributed by atoms with van der Waals surface area (Å²) in [7, 11) is 0. The molecule has 5 heteroatoms. The van der Waals surface area contributed by atoms with Crippen LogP contribution in [0.5, 0.6) is 0 Å². The van der Waals surface area contributed by atoms with Crippen LogP contribution in [0.2, 0.25) is 0 Å². The van der Waals surface area contributed by atoms with Crippen molar-refractivity contribution in [1.82, 2.24) is 5.32 Å². The first-order valence-corrected chi connectivity index (χ1v) is 9.92. The highest BCUT2D eigenvalue weighted by atomic mass is 32.1. The summed E-state index contributed by atoms with van der Waals surface area (Å²) in [6, 6.07) is -0.653. The van der Waals surface area contributed by atoms with E-state index in [1.165, 1.54) is 51.4 Å². The molecule has 140 valence electrons. The molecule has 0 aliphatic carbocycles. The average Bonchev–Trinajstić information content (AvgIpc) is 2.53. The first-order valence-electron chi connectivity index (χ1n) is 9.51. The van der Waals surface area contributed by atoms with Crippen molar-refractivity contribution in [3.05, 3.63) is 12.2 Å². The van der Waals surface area contributed by atoms with Crippen LogP contribution < -0.4 is 11.1 Å². The van der Waals surface area contributed by atoms with Crippen LogP contribution in [0.15, 0.2) is 12.2 Å². The van der Waals surface area contributed by atoms with Crippen molar-refractivity contribution in [3.8, 4) is 0 Å². The zero-order valence-corrected chi connectivity index (χ0v) is 16.1. The highest BCUT2D eigenvalue weighted by Gasteiger charge is 2.16. The molecule has 0 bridgehead atoms. The van der Waals surface area contributed by atoms with Gasteiger partial charge in [0.1, 0.15) is 6.04 Å².